The van der Waals surface area contributed by atoms with Gasteiger partial charge in [-0.1, -0.05) is 42.8 Å². The molecule has 0 aromatic heterocycles. The van der Waals surface area contributed by atoms with Crippen molar-refractivity contribution in [3.63, 3.8) is 0 Å². The number of hydrogen-bond donors (Lipinski definition) is 1. The Hall–Kier alpha value is -1.80. The Morgan fingerprint density at radius 2 is 1.80 bits per heavy atom. The number of carbonyl (C=O) groups excluding carboxylic acids is 1. The van der Waals surface area contributed by atoms with E-state index in [0.717, 1.165) is 17.7 Å². The molecule has 1 heterocycles. The van der Waals surface area contributed by atoms with Crippen LogP contribution in [0, 0.1) is 0 Å². The van der Waals surface area contributed by atoms with E-state index in [9.17, 15) is 4.79 Å². The van der Waals surface area contributed by atoms with E-state index in [2.05, 4.69) is 36.5 Å². The van der Waals surface area contributed by atoms with Gasteiger partial charge in [-0.05, 0) is 47.7 Å². The van der Waals surface area contributed by atoms with Crippen LogP contribution in [0.1, 0.15) is 29.5 Å². The predicted octanol–water partition coefficient (Wildman–Crippen LogP) is 4.18. The monoisotopic (exact) mass is 285 g/mol. The van der Waals surface area contributed by atoms with E-state index in [1.54, 1.807) is 6.07 Å². The molecule has 2 aromatic carbocycles. The van der Waals surface area contributed by atoms with E-state index in [-0.39, 0.29) is 11.8 Å². The molecule has 0 bridgehead atoms. The fourth-order valence-electron chi connectivity index (χ4n) is 2.65. The lowest BCUT2D eigenvalue weighted by atomic mass is 9.93. The molecule has 1 N–H and O–H groups in total. The molecule has 0 spiro atoms. The zero-order chi connectivity index (χ0) is 14.1. The van der Waals surface area contributed by atoms with Crippen LogP contribution in [0.2, 0.25) is 5.02 Å². The first-order valence-electron chi connectivity index (χ1n) is 6.85. The Balaban J connectivity index is 1.87. The molecule has 1 amide bonds. The number of fused-ring (bicyclic) bond motifs is 1. The van der Waals surface area contributed by atoms with Crippen LogP contribution in [0.3, 0.4) is 0 Å². The first kappa shape index (κ1) is 13.2. The van der Waals surface area contributed by atoms with Crippen LogP contribution < -0.4 is 5.32 Å². The van der Waals surface area contributed by atoms with Crippen molar-refractivity contribution in [1.29, 1.82) is 0 Å². The first-order chi connectivity index (χ1) is 9.67. The van der Waals surface area contributed by atoms with Crippen molar-refractivity contribution >= 4 is 23.2 Å². The number of nitrogens with one attached hydrogen (secondary N) is 1. The van der Waals surface area contributed by atoms with Gasteiger partial charge in [-0.3, -0.25) is 4.79 Å². The van der Waals surface area contributed by atoms with Gasteiger partial charge in [0, 0.05) is 10.7 Å². The first-order valence-corrected chi connectivity index (χ1v) is 7.23. The van der Waals surface area contributed by atoms with E-state index in [1.807, 2.05) is 12.1 Å². The van der Waals surface area contributed by atoms with E-state index in [4.69, 9.17) is 11.6 Å². The van der Waals surface area contributed by atoms with Crippen LogP contribution in [0.25, 0.3) is 0 Å². The highest BCUT2D eigenvalue weighted by Gasteiger charge is 2.30. The molecule has 1 aliphatic rings. The van der Waals surface area contributed by atoms with Gasteiger partial charge in [0.25, 0.3) is 0 Å². The zero-order valence-corrected chi connectivity index (χ0v) is 12.1. The summed E-state index contributed by atoms with van der Waals surface area (Å²) < 4.78 is 0. The Morgan fingerprint density at radius 3 is 2.50 bits per heavy atom. The van der Waals surface area contributed by atoms with E-state index in [1.165, 1.54) is 11.1 Å². The summed E-state index contributed by atoms with van der Waals surface area (Å²) in [6.07, 6.45) is 1.74. The molecule has 0 fully saturated rings. The van der Waals surface area contributed by atoms with Gasteiger partial charge < -0.3 is 5.32 Å². The smallest absolute Gasteiger partial charge is 0.232 e. The van der Waals surface area contributed by atoms with E-state index in [0.29, 0.717) is 11.4 Å². The van der Waals surface area contributed by atoms with E-state index < -0.39 is 0 Å². The van der Waals surface area contributed by atoms with Gasteiger partial charge in [0.05, 0.1) is 5.92 Å². The molecule has 2 nitrogen and oxygen atoms in total. The second-order valence-corrected chi connectivity index (χ2v) is 5.58. The highest BCUT2D eigenvalue weighted by molar-refractivity contribution is 6.31. The molecule has 3 heteroatoms. The average Bonchev–Trinajstić information content (AvgIpc) is 2.76. The van der Waals surface area contributed by atoms with E-state index >= 15 is 0 Å². The predicted molar refractivity (Wildman–Crippen MR) is 82.3 cm³/mol. The van der Waals surface area contributed by atoms with Gasteiger partial charge in [0.1, 0.15) is 0 Å². The SMILES string of the molecule is CCc1ccc(C[C@H]2C(=O)Nc3ccc(Cl)cc32)cc1. The van der Waals surface area contributed by atoms with Gasteiger partial charge in [0.2, 0.25) is 5.91 Å². The number of carbonyl (C=O) groups is 1. The third-order valence-electron chi connectivity index (χ3n) is 3.83. The molecule has 102 valence electrons. The molecular weight excluding hydrogens is 270 g/mol. The summed E-state index contributed by atoms with van der Waals surface area (Å²) in [7, 11) is 0. The van der Waals surface area contributed by atoms with Gasteiger partial charge in [0.15, 0.2) is 0 Å². The average molecular weight is 286 g/mol. The largest absolute Gasteiger partial charge is 0.325 e. The summed E-state index contributed by atoms with van der Waals surface area (Å²) >= 11 is 6.04. The number of hydrogen-bond acceptors (Lipinski definition) is 1. The van der Waals surface area contributed by atoms with Gasteiger partial charge in [-0.2, -0.15) is 0 Å². The molecule has 0 unspecified atom stereocenters. The quantitative estimate of drug-likeness (QED) is 0.900. The summed E-state index contributed by atoms with van der Waals surface area (Å²) in [5, 5.41) is 3.59. The van der Waals surface area contributed by atoms with Gasteiger partial charge in [-0.15, -0.1) is 0 Å². The molecule has 20 heavy (non-hydrogen) atoms. The summed E-state index contributed by atoms with van der Waals surface area (Å²) in [6, 6.07) is 14.0. The topological polar surface area (TPSA) is 29.1 Å². The number of rotatable bonds is 3. The number of anilines is 1. The number of benzene rings is 2. The van der Waals surface area contributed by atoms with Crippen LogP contribution >= 0.6 is 11.6 Å². The fraction of sp³-hybridized carbons (Fsp3) is 0.235. The Kier molecular flexibility index (Phi) is 3.49. The zero-order valence-electron chi connectivity index (χ0n) is 11.3. The molecule has 0 saturated carbocycles. The lowest BCUT2D eigenvalue weighted by Crippen LogP contribution is -2.14. The molecule has 0 radical (unpaired) electrons. The molecule has 0 saturated heterocycles. The highest BCUT2D eigenvalue weighted by atomic mass is 35.5. The maximum atomic E-state index is 12.1. The summed E-state index contributed by atoms with van der Waals surface area (Å²) in [4.78, 5) is 12.1. The summed E-state index contributed by atoms with van der Waals surface area (Å²) in [5.41, 5.74) is 4.37. The van der Waals surface area contributed by atoms with Crippen molar-refractivity contribution < 1.29 is 4.79 Å². The minimum Gasteiger partial charge on any atom is -0.325 e. The third kappa shape index (κ3) is 2.44. The maximum absolute atomic E-state index is 12.1. The van der Waals surface area contributed by atoms with Crippen LogP contribution in [0.4, 0.5) is 5.69 Å². The third-order valence-corrected chi connectivity index (χ3v) is 4.07. The molecule has 2 aromatic rings. The van der Waals surface area contributed by atoms with Crippen molar-refractivity contribution in [2.24, 2.45) is 0 Å². The minimum absolute atomic E-state index is 0.0573. The second-order valence-electron chi connectivity index (χ2n) is 5.15. The van der Waals surface area contributed by atoms with Crippen LogP contribution in [-0.2, 0) is 17.6 Å². The lowest BCUT2D eigenvalue weighted by molar-refractivity contribution is -0.117. The molecule has 3 rings (SSSR count). The molecule has 1 aliphatic heterocycles. The standard InChI is InChI=1S/C17H16ClNO/c1-2-11-3-5-12(6-4-11)9-15-14-10-13(18)7-8-16(14)19-17(15)20/h3-8,10,15H,2,9H2,1H3,(H,19,20)/t15-/m1/s1. The molecule has 0 aliphatic carbocycles. The number of halogens is 1. The fourth-order valence-corrected chi connectivity index (χ4v) is 2.83. The number of amides is 1. The van der Waals surface area contributed by atoms with Crippen molar-refractivity contribution in [3.05, 3.63) is 64.2 Å². The molecule has 1 atom stereocenters. The lowest BCUT2D eigenvalue weighted by Gasteiger charge is -2.09. The van der Waals surface area contributed by atoms with Gasteiger partial charge in [-0.25, -0.2) is 0 Å². The van der Waals surface area contributed by atoms with Gasteiger partial charge >= 0.3 is 0 Å². The minimum atomic E-state index is -0.142. The van der Waals surface area contributed by atoms with Crippen molar-refractivity contribution in [2.45, 2.75) is 25.7 Å². The highest BCUT2D eigenvalue weighted by Crippen LogP contribution is 2.36. The second kappa shape index (κ2) is 5.29. The summed E-state index contributed by atoms with van der Waals surface area (Å²) in [5.74, 6) is -0.0852. The van der Waals surface area contributed by atoms with Crippen LogP contribution in [-0.4, -0.2) is 5.91 Å². The maximum Gasteiger partial charge on any atom is 0.232 e. The summed E-state index contributed by atoms with van der Waals surface area (Å²) in [6.45, 7) is 2.14. The Morgan fingerprint density at radius 1 is 1.10 bits per heavy atom. The van der Waals surface area contributed by atoms with Crippen molar-refractivity contribution in [2.75, 3.05) is 5.32 Å². The normalized spacial score (nSPS) is 16.9. The van der Waals surface area contributed by atoms with Crippen LogP contribution in [0.15, 0.2) is 42.5 Å². The number of aryl methyl sites for hydroxylation is 1. The Bertz CT molecular complexity index is 649. The van der Waals surface area contributed by atoms with Crippen molar-refractivity contribution in [1.82, 2.24) is 0 Å². The van der Waals surface area contributed by atoms with Crippen molar-refractivity contribution in [3.8, 4) is 0 Å². The molecular formula is C17H16ClNO. The van der Waals surface area contributed by atoms with Crippen LogP contribution in [0.5, 0.6) is 0 Å². The Labute approximate surface area is 123 Å².